The van der Waals surface area contributed by atoms with Gasteiger partial charge in [0.05, 0.1) is 34.9 Å². The third-order valence-corrected chi connectivity index (χ3v) is 8.15. The minimum atomic E-state index is -1.25. The highest BCUT2D eigenvalue weighted by Gasteiger charge is 2.27. The Morgan fingerprint density at radius 2 is 1.20 bits per heavy atom. The van der Waals surface area contributed by atoms with E-state index in [-0.39, 0.29) is 56.6 Å². The number of hydrogen-bond acceptors (Lipinski definition) is 10. The van der Waals surface area contributed by atoms with Gasteiger partial charge in [-0.25, -0.2) is 0 Å². The first-order chi connectivity index (χ1) is 23.4. The van der Waals surface area contributed by atoms with Crippen molar-refractivity contribution >= 4 is 35.1 Å². The van der Waals surface area contributed by atoms with Gasteiger partial charge in [0.15, 0.2) is 23.0 Å². The third-order valence-electron chi connectivity index (χ3n) is 8.15. The second kappa shape index (κ2) is 21.1. The van der Waals surface area contributed by atoms with E-state index in [4.69, 9.17) is 24.7 Å². The molecule has 2 aromatic rings. The van der Waals surface area contributed by atoms with Crippen molar-refractivity contribution in [3.63, 3.8) is 0 Å². The number of rotatable bonds is 25. The molecule has 0 spiro atoms. The maximum atomic E-state index is 13.0. The highest BCUT2D eigenvalue weighted by Crippen LogP contribution is 2.29. The summed E-state index contributed by atoms with van der Waals surface area (Å²) < 4.78 is 21.0. The Kier molecular flexibility index (Phi) is 17.3. The molecule has 2 amide bonds. The molecule has 0 aliphatic carbocycles. The largest absolute Gasteiger partial charge is 0.493 e. The van der Waals surface area contributed by atoms with Crippen molar-refractivity contribution < 1.29 is 52.8 Å². The number of ether oxygens (including phenoxy) is 4. The first-order valence-corrected chi connectivity index (χ1v) is 16.2. The van der Waals surface area contributed by atoms with Crippen molar-refractivity contribution in [1.29, 1.82) is 0 Å². The number of aliphatic carboxylic acids is 1. The second-order valence-corrected chi connectivity index (χ2v) is 11.7. The van der Waals surface area contributed by atoms with Crippen LogP contribution >= 0.6 is 0 Å². The maximum Gasteiger partial charge on any atom is 0.304 e. The fourth-order valence-electron chi connectivity index (χ4n) is 5.38. The fourth-order valence-corrected chi connectivity index (χ4v) is 5.38. The molecule has 2 rings (SSSR count). The van der Waals surface area contributed by atoms with Crippen LogP contribution in [0, 0.1) is 11.8 Å². The lowest BCUT2D eigenvalue weighted by atomic mass is 9.87. The normalized spacial score (nSPS) is 11.9. The van der Waals surface area contributed by atoms with Crippen LogP contribution in [-0.2, 0) is 41.6 Å². The molecule has 0 heterocycles. The van der Waals surface area contributed by atoms with E-state index in [0.29, 0.717) is 48.8 Å². The molecule has 0 saturated heterocycles. The standard InChI is InChI=1S/C36H48N2O11/c1-46-30-13-8-23(18-32(30)48-3)6-5-7-27(39)20-25(36(37)45)10-12-29(41)26(22-35(43)44)21-28(40)11-15-34(42)38-17-16-24-9-14-31(47-2)33(19-24)49-4/h8-9,13-14,18-19,25-26H,5-7,10-12,15-17,20-22H2,1-4H3,(H2,37,45)(H,38,42)(H,43,44). The molecule has 2 unspecified atom stereocenters. The van der Waals surface area contributed by atoms with Crippen molar-refractivity contribution in [2.45, 2.75) is 70.6 Å². The van der Waals surface area contributed by atoms with E-state index < -0.39 is 41.7 Å². The number of carbonyl (C=O) groups is 6. The van der Waals surface area contributed by atoms with Crippen LogP contribution < -0.4 is 30.0 Å². The molecule has 2 aromatic carbocycles. The summed E-state index contributed by atoms with van der Waals surface area (Å²) in [6.45, 7) is 0.323. The number of ketones is 3. The number of carbonyl (C=O) groups excluding carboxylic acids is 5. The monoisotopic (exact) mass is 684 g/mol. The van der Waals surface area contributed by atoms with E-state index in [1.54, 1.807) is 25.3 Å². The van der Waals surface area contributed by atoms with Crippen LogP contribution in [0.4, 0.5) is 0 Å². The molecule has 268 valence electrons. The smallest absolute Gasteiger partial charge is 0.304 e. The number of carboxylic acids is 1. The lowest BCUT2D eigenvalue weighted by molar-refractivity contribution is -0.141. The van der Waals surface area contributed by atoms with Gasteiger partial charge in [0.1, 0.15) is 17.3 Å². The van der Waals surface area contributed by atoms with Gasteiger partial charge < -0.3 is 35.1 Å². The Balaban J connectivity index is 1.81. The molecule has 4 N–H and O–H groups in total. The zero-order valence-electron chi connectivity index (χ0n) is 28.7. The van der Waals surface area contributed by atoms with Gasteiger partial charge in [-0.3, -0.25) is 28.8 Å². The SMILES string of the molecule is COc1ccc(CCCC(=O)CC(CCC(=O)C(CC(=O)O)CC(=O)CCC(=O)NCCc2ccc(OC)c(OC)c2)C(N)=O)cc1OC. The van der Waals surface area contributed by atoms with Crippen molar-refractivity contribution in [2.75, 3.05) is 35.0 Å². The Labute approximate surface area is 286 Å². The van der Waals surface area contributed by atoms with Gasteiger partial charge in [0, 0.05) is 56.9 Å². The maximum absolute atomic E-state index is 13.0. The Morgan fingerprint density at radius 1 is 0.673 bits per heavy atom. The summed E-state index contributed by atoms with van der Waals surface area (Å²) in [6.07, 6.45) is 0.255. The predicted molar refractivity (Wildman–Crippen MR) is 180 cm³/mol. The summed E-state index contributed by atoms with van der Waals surface area (Å²) in [4.78, 5) is 74.2. The van der Waals surface area contributed by atoms with Crippen molar-refractivity contribution in [1.82, 2.24) is 5.32 Å². The first kappa shape index (κ1) is 40.2. The van der Waals surface area contributed by atoms with Crippen LogP contribution in [0.2, 0.25) is 0 Å². The molecule has 13 nitrogen and oxygen atoms in total. The molecule has 0 radical (unpaired) electrons. The van der Waals surface area contributed by atoms with Crippen molar-refractivity contribution in [3.05, 3.63) is 47.5 Å². The number of hydrogen-bond donors (Lipinski definition) is 3. The van der Waals surface area contributed by atoms with Gasteiger partial charge in [-0.05, 0) is 61.1 Å². The molecule has 0 bridgehead atoms. The van der Waals surface area contributed by atoms with Gasteiger partial charge in [-0.1, -0.05) is 12.1 Å². The van der Waals surface area contributed by atoms with E-state index in [9.17, 15) is 33.9 Å². The molecular formula is C36H48N2O11. The summed E-state index contributed by atoms with van der Waals surface area (Å²) >= 11 is 0. The molecule has 0 aromatic heterocycles. The zero-order valence-corrected chi connectivity index (χ0v) is 28.7. The molecule has 2 atom stereocenters. The van der Waals surface area contributed by atoms with Crippen LogP contribution in [0.5, 0.6) is 23.0 Å². The van der Waals surface area contributed by atoms with Crippen LogP contribution in [0.15, 0.2) is 36.4 Å². The minimum Gasteiger partial charge on any atom is -0.493 e. The second-order valence-electron chi connectivity index (χ2n) is 11.7. The fraction of sp³-hybridized carbons (Fsp3) is 0.500. The molecule has 49 heavy (non-hydrogen) atoms. The number of aryl methyl sites for hydroxylation is 1. The van der Waals surface area contributed by atoms with Crippen molar-refractivity contribution in [2.24, 2.45) is 17.6 Å². The van der Waals surface area contributed by atoms with Gasteiger partial charge in [0.2, 0.25) is 11.8 Å². The van der Waals surface area contributed by atoms with E-state index in [2.05, 4.69) is 5.32 Å². The highest BCUT2D eigenvalue weighted by atomic mass is 16.5. The number of Topliss-reactive ketones (excluding diaryl/α,β-unsaturated/α-hetero) is 3. The van der Waals surface area contributed by atoms with Gasteiger partial charge in [-0.2, -0.15) is 0 Å². The molecular weight excluding hydrogens is 636 g/mol. The first-order valence-electron chi connectivity index (χ1n) is 16.2. The average molecular weight is 685 g/mol. The number of methoxy groups -OCH3 is 4. The topological polar surface area (TPSA) is 198 Å². The zero-order chi connectivity index (χ0) is 36.3. The number of primary amides is 1. The highest BCUT2D eigenvalue weighted by molar-refractivity contribution is 5.92. The molecule has 0 fully saturated rings. The minimum absolute atomic E-state index is 0.0393. The van der Waals surface area contributed by atoms with E-state index >= 15 is 0 Å². The van der Waals surface area contributed by atoms with E-state index in [1.165, 1.54) is 21.3 Å². The average Bonchev–Trinajstić information content (AvgIpc) is 3.08. The summed E-state index contributed by atoms with van der Waals surface area (Å²) in [7, 11) is 6.15. The summed E-state index contributed by atoms with van der Waals surface area (Å²) in [5.74, 6) is -3.15. The number of carboxylic acid groups (broad SMARTS) is 1. The lowest BCUT2D eigenvalue weighted by Gasteiger charge is -2.16. The quantitative estimate of drug-likeness (QED) is 0.138. The Morgan fingerprint density at radius 3 is 1.73 bits per heavy atom. The summed E-state index contributed by atoms with van der Waals surface area (Å²) in [5.41, 5.74) is 7.39. The number of benzene rings is 2. The van der Waals surface area contributed by atoms with Crippen LogP contribution in [0.1, 0.15) is 68.9 Å². The van der Waals surface area contributed by atoms with Gasteiger partial charge >= 0.3 is 5.97 Å². The molecule has 0 aliphatic heterocycles. The van der Waals surface area contributed by atoms with Crippen molar-refractivity contribution in [3.8, 4) is 23.0 Å². The van der Waals surface area contributed by atoms with Gasteiger partial charge in [0.25, 0.3) is 0 Å². The number of amides is 2. The lowest BCUT2D eigenvalue weighted by Crippen LogP contribution is -2.28. The molecule has 0 aliphatic rings. The number of nitrogens with two attached hydrogens (primary N) is 1. The third kappa shape index (κ3) is 14.4. The summed E-state index contributed by atoms with van der Waals surface area (Å²) in [6, 6.07) is 10.9. The van der Waals surface area contributed by atoms with E-state index in [1.807, 2.05) is 18.2 Å². The molecule has 13 heteroatoms. The number of nitrogens with one attached hydrogen (secondary N) is 1. The predicted octanol–water partition coefficient (Wildman–Crippen LogP) is 3.64. The van der Waals surface area contributed by atoms with E-state index in [0.717, 1.165) is 11.1 Å². The molecule has 0 saturated carbocycles. The van der Waals surface area contributed by atoms with Crippen LogP contribution in [-0.4, -0.2) is 75.2 Å². The van der Waals surface area contributed by atoms with Crippen LogP contribution in [0.3, 0.4) is 0 Å². The Bertz CT molecular complexity index is 1460. The van der Waals surface area contributed by atoms with Gasteiger partial charge in [-0.15, -0.1) is 0 Å². The van der Waals surface area contributed by atoms with Crippen LogP contribution in [0.25, 0.3) is 0 Å². The Hall–Kier alpha value is -4.94. The summed E-state index contributed by atoms with van der Waals surface area (Å²) in [5, 5.41) is 12.1.